The first-order valence-corrected chi connectivity index (χ1v) is 7.35. The van der Waals surface area contributed by atoms with Gasteiger partial charge in [-0.15, -0.1) is 11.3 Å². The van der Waals surface area contributed by atoms with Gasteiger partial charge in [0.1, 0.15) is 0 Å². The van der Waals surface area contributed by atoms with E-state index in [-0.39, 0.29) is 0 Å². The van der Waals surface area contributed by atoms with Gasteiger partial charge in [0.05, 0.1) is 4.34 Å². The standard InChI is InChI=1S/C14H15ClN2S/c1-16-14(11-6-7-12(15)18-11)10-5-4-9-3-2-8-17-13(9)10/h2-3,6-8,10,14,16H,4-5H2,1H3. The van der Waals surface area contributed by atoms with Gasteiger partial charge in [-0.05, 0) is 43.7 Å². The van der Waals surface area contributed by atoms with Crippen LogP contribution >= 0.6 is 22.9 Å². The molecule has 2 atom stereocenters. The van der Waals surface area contributed by atoms with Gasteiger partial charge >= 0.3 is 0 Å². The maximum Gasteiger partial charge on any atom is 0.0931 e. The zero-order valence-electron chi connectivity index (χ0n) is 10.2. The third kappa shape index (κ3) is 2.07. The molecule has 0 amide bonds. The van der Waals surface area contributed by atoms with Crippen molar-refractivity contribution in [3.63, 3.8) is 0 Å². The summed E-state index contributed by atoms with van der Waals surface area (Å²) in [6, 6.07) is 8.63. The molecular weight excluding hydrogens is 264 g/mol. The van der Waals surface area contributed by atoms with Crippen LogP contribution in [0.3, 0.4) is 0 Å². The fourth-order valence-electron chi connectivity index (χ4n) is 2.81. The molecule has 0 aliphatic heterocycles. The lowest BCUT2D eigenvalue weighted by Gasteiger charge is -2.22. The quantitative estimate of drug-likeness (QED) is 0.924. The van der Waals surface area contributed by atoms with Gasteiger partial charge in [0.2, 0.25) is 0 Å². The Balaban J connectivity index is 1.95. The zero-order chi connectivity index (χ0) is 12.5. The molecule has 1 aliphatic rings. The molecule has 2 nitrogen and oxygen atoms in total. The Morgan fingerprint density at radius 2 is 2.33 bits per heavy atom. The Kier molecular flexibility index (Phi) is 3.37. The SMILES string of the molecule is CNC(c1ccc(Cl)s1)C1CCc2cccnc21. The van der Waals surface area contributed by atoms with Gasteiger partial charge in [0.25, 0.3) is 0 Å². The molecule has 1 N–H and O–H groups in total. The topological polar surface area (TPSA) is 24.9 Å². The van der Waals surface area contributed by atoms with Crippen LogP contribution in [0.15, 0.2) is 30.5 Å². The van der Waals surface area contributed by atoms with Crippen molar-refractivity contribution in [1.82, 2.24) is 10.3 Å². The molecule has 2 aromatic rings. The fourth-order valence-corrected chi connectivity index (χ4v) is 4.04. The molecule has 94 valence electrons. The highest BCUT2D eigenvalue weighted by Crippen LogP contribution is 2.42. The third-order valence-corrected chi connectivity index (χ3v) is 4.93. The maximum atomic E-state index is 6.04. The minimum absolute atomic E-state index is 0.318. The highest BCUT2D eigenvalue weighted by Gasteiger charge is 2.31. The predicted octanol–water partition coefficient (Wildman–Crippen LogP) is 3.79. The molecule has 2 heterocycles. The molecule has 0 saturated heterocycles. The summed E-state index contributed by atoms with van der Waals surface area (Å²) in [6.07, 6.45) is 4.18. The van der Waals surface area contributed by atoms with Gasteiger partial charge in [0.15, 0.2) is 0 Å². The van der Waals surface area contributed by atoms with Gasteiger partial charge in [-0.3, -0.25) is 4.98 Å². The number of fused-ring (bicyclic) bond motifs is 1. The summed E-state index contributed by atoms with van der Waals surface area (Å²) >= 11 is 7.70. The van der Waals surface area contributed by atoms with Crippen molar-refractivity contribution in [1.29, 1.82) is 0 Å². The zero-order valence-corrected chi connectivity index (χ0v) is 11.8. The number of likely N-dealkylation sites (N-methyl/N-ethyl adjacent to an activating group) is 1. The molecule has 0 aromatic carbocycles. The van der Waals surface area contributed by atoms with Crippen LogP contribution in [0.2, 0.25) is 4.34 Å². The largest absolute Gasteiger partial charge is 0.312 e. The first-order chi connectivity index (χ1) is 8.79. The van der Waals surface area contributed by atoms with E-state index in [2.05, 4.69) is 22.4 Å². The minimum atomic E-state index is 0.318. The monoisotopic (exact) mass is 278 g/mol. The highest BCUT2D eigenvalue weighted by atomic mass is 35.5. The van der Waals surface area contributed by atoms with Crippen LogP contribution in [0.4, 0.5) is 0 Å². The molecule has 0 bridgehead atoms. The van der Waals surface area contributed by atoms with Crippen LogP contribution in [0.25, 0.3) is 0 Å². The molecule has 0 radical (unpaired) electrons. The molecule has 4 heteroatoms. The minimum Gasteiger partial charge on any atom is -0.312 e. The van der Waals surface area contributed by atoms with E-state index in [9.17, 15) is 0 Å². The van der Waals surface area contributed by atoms with Gasteiger partial charge in [0, 0.05) is 28.7 Å². The third-order valence-electron chi connectivity index (χ3n) is 3.62. The Morgan fingerprint density at radius 3 is 3.06 bits per heavy atom. The van der Waals surface area contributed by atoms with Crippen molar-refractivity contribution in [2.24, 2.45) is 0 Å². The van der Waals surface area contributed by atoms with Gasteiger partial charge < -0.3 is 5.32 Å². The number of aryl methyl sites for hydroxylation is 1. The molecule has 0 saturated carbocycles. The first kappa shape index (κ1) is 12.2. The lowest BCUT2D eigenvalue weighted by Crippen LogP contribution is -2.22. The maximum absolute atomic E-state index is 6.04. The second kappa shape index (κ2) is 5.00. The van der Waals surface area contributed by atoms with Gasteiger partial charge in [-0.25, -0.2) is 0 Å². The van der Waals surface area contributed by atoms with Crippen molar-refractivity contribution < 1.29 is 0 Å². The Morgan fingerprint density at radius 1 is 1.44 bits per heavy atom. The number of aromatic nitrogens is 1. The summed E-state index contributed by atoms with van der Waals surface area (Å²) in [7, 11) is 2.01. The second-order valence-corrected chi connectivity index (χ2v) is 6.35. The first-order valence-electron chi connectivity index (χ1n) is 6.16. The number of rotatable bonds is 3. The van der Waals surface area contributed by atoms with Crippen molar-refractivity contribution >= 4 is 22.9 Å². The van der Waals surface area contributed by atoms with Crippen LogP contribution in [0.1, 0.15) is 34.5 Å². The summed E-state index contributed by atoms with van der Waals surface area (Å²) in [5.41, 5.74) is 2.65. The van der Waals surface area contributed by atoms with E-state index in [0.717, 1.165) is 17.2 Å². The average molecular weight is 279 g/mol. The van der Waals surface area contributed by atoms with Crippen molar-refractivity contribution in [2.75, 3.05) is 7.05 Å². The molecule has 3 rings (SSSR count). The fraction of sp³-hybridized carbons (Fsp3) is 0.357. The highest BCUT2D eigenvalue weighted by molar-refractivity contribution is 7.16. The Hall–Kier alpha value is -0.900. The molecule has 1 aliphatic carbocycles. The molecular formula is C14H15ClN2S. The van der Waals surface area contributed by atoms with Crippen molar-refractivity contribution in [2.45, 2.75) is 24.8 Å². The Labute approximate surface area is 116 Å². The number of pyridine rings is 1. The smallest absolute Gasteiger partial charge is 0.0931 e. The summed E-state index contributed by atoms with van der Waals surface area (Å²) < 4.78 is 0.851. The average Bonchev–Trinajstić information content (AvgIpc) is 2.98. The van der Waals surface area contributed by atoms with Crippen LogP contribution < -0.4 is 5.32 Å². The van der Waals surface area contributed by atoms with E-state index in [1.54, 1.807) is 11.3 Å². The van der Waals surface area contributed by atoms with Crippen molar-refractivity contribution in [3.8, 4) is 0 Å². The number of hydrogen-bond acceptors (Lipinski definition) is 3. The van der Waals surface area contributed by atoms with E-state index in [0.29, 0.717) is 12.0 Å². The van der Waals surface area contributed by atoms with Crippen LogP contribution in [0, 0.1) is 0 Å². The van der Waals surface area contributed by atoms with E-state index in [4.69, 9.17) is 11.6 Å². The van der Waals surface area contributed by atoms with E-state index in [1.807, 2.05) is 25.4 Å². The molecule has 2 unspecified atom stereocenters. The number of hydrogen-bond donors (Lipinski definition) is 1. The van der Waals surface area contributed by atoms with Crippen LogP contribution in [-0.2, 0) is 6.42 Å². The van der Waals surface area contributed by atoms with E-state index < -0.39 is 0 Å². The van der Waals surface area contributed by atoms with Crippen molar-refractivity contribution in [3.05, 3.63) is 50.9 Å². The number of nitrogens with zero attached hydrogens (tertiary/aromatic N) is 1. The summed E-state index contributed by atoms with van der Waals surface area (Å²) in [5, 5.41) is 3.43. The normalized spacial score (nSPS) is 19.8. The molecule has 18 heavy (non-hydrogen) atoms. The van der Waals surface area contributed by atoms with E-state index in [1.165, 1.54) is 16.1 Å². The number of thiophene rings is 1. The van der Waals surface area contributed by atoms with Crippen LogP contribution in [0.5, 0.6) is 0 Å². The lowest BCUT2D eigenvalue weighted by atomic mass is 9.96. The van der Waals surface area contributed by atoms with Crippen LogP contribution in [-0.4, -0.2) is 12.0 Å². The molecule has 0 spiro atoms. The summed E-state index contributed by atoms with van der Waals surface area (Å²) in [6.45, 7) is 0. The second-order valence-electron chi connectivity index (χ2n) is 4.60. The van der Waals surface area contributed by atoms with Gasteiger partial charge in [-0.1, -0.05) is 17.7 Å². The number of nitrogens with one attached hydrogen (secondary N) is 1. The summed E-state index contributed by atoms with van der Waals surface area (Å²) in [5.74, 6) is 0.459. The number of halogens is 1. The summed E-state index contributed by atoms with van der Waals surface area (Å²) in [4.78, 5) is 5.87. The van der Waals surface area contributed by atoms with E-state index >= 15 is 0 Å². The lowest BCUT2D eigenvalue weighted by molar-refractivity contribution is 0.476. The molecule has 2 aromatic heterocycles. The van der Waals surface area contributed by atoms with Gasteiger partial charge in [-0.2, -0.15) is 0 Å². The predicted molar refractivity (Wildman–Crippen MR) is 76.4 cm³/mol. The Bertz CT molecular complexity index is 552. The molecule has 0 fully saturated rings.